The zero-order valence-electron chi connectivity index (χ0n) is 18.9. The Balaban J connectivity index is 1.73. The first-order chi connectivity index (χ1) is 15.1. The summed E-state index contributed by atoms with van der Waals surface area (Å²) < 4.78 is 41.0. The standard InChI is InChI=1S/C21H30FN5O3S2/c1-5-26-19(13-27(32(4,29)30)18-8-6-17(22)7-9-18)23-24-21(26)31-14-20(28)25-11-15(2)10-16(3)12-25/h6-9,15-16H,5,10-14H2,1-4H3/t15-,16-/m0/s1. The van der Waals surface area contributed by atoms with E-state index in [2.05, 4.69) is 24.0 Å². The summed E-state index contributed by atoms with van der Waals surface area (Å²) in [5.41, 5.74) is 0.345. The first kappa shape index (κ1) is 24.5. The maximum Gasteiger partial charge on any atom is 0.233 e. The van der Waals surface area contributed by atoms with E-state index in [0.717, 1.165) is 25.8 Å². The average Bonchev–Trinajstić information content (AvgIpc) is 3.11. The molecule has 1 amide bonds. The number of carbonyl (C=O) groups excluding carboxylic acids is 1. The van der Waals surface area contributed by atoms with Crippen molar-refractivity contribution < 1.29 is 17.6 Å². The van der Waals surface area contributed by atoms with Crippen LogP contribution in [-0.4, -0.2) is 59.1 Å². The molecule has 3 rings (SSSR count). The molecule has 2 atom stereocenters. The quantitative estimate of drug-likeness (QED) is 0.537. The fourth-order valence-corrected chi connectivity index (χ4v) is 5.86. The maximum absolute atomic E-state index is 13.3. The Morgan fingerprint density at radius 3 is 2.38 bits per heavy atom. The van der Waals surface area contributed by atoms with Gasteiger partial charge in [-0.2, -0.15) is 0 Å². The summed E-state index contributed by atoms with van der Waals surface area (Å²) in [6.45, 7) is 8.27. The van der Waals surface area contributed by atoms with Gasteiger partial charge < -0.3 is 9.47 Å². The van der Waals surface area contributed by atoms with Crippen molar-refractivity contribution in [2.45, 2.75) is 45.4 Å². The van der Waals surface area contributed by atoms with E-state index in [1.807, 2.05) is 11.8 Å². The zero-order valence-corrected chi connectivity index (χ0v) is 20.5. The van der Waals surface area contributed by atoms with Crippen LogP contribution in [0.4, 0.5) is 10.1 Å². The number of nitrogens with zero attached hydrogens (tertiary/aromatic N) is 5. The fraction of sp³-hybridized carbons (Fsp3) is 0.571. The van der Waals surface area contributed by atoms with Crippen molar-refractivity contribution in [3.63, 3.8) is 0 Å². The van der Waals surface area contributed by atoms with Gasteiger partial charge in [-0.1, -0.05) is 25.6 Å². The highest BCUT2D eigenvalue weighted by molar-refractivity contribution is 7.99. The van der Waals surface area contributed by atoms with Crippen LogP contribution in [0, 0.1) is 17.7 Å². The van der Waals surface area contributed by atoms with Crippen LogP contribution in [0.5, 0.6) is 0 Å². The van der Waals surface area contributed by atoms with Gasteiger partial charge in [-0.3, -0.25) is 9.10 Å². The molecule has 176 valence electrons. The summed E-state index contributed by atoms with van der Waals surface area (Å²) in [6.07, 6.45) is 2.23. The smallest absolute Gasteiger partial charge is 0.233 e. The van der Waals surface area contributed by atoms with E-state index in [1.165, 1.54) is 40.3 Å². The van der Waals surface area contributed by atoms with Gasteiger partial charge in [0.05, 0.1) is 24.2 Å². The van der Waals surface area contributed by atoms with Crippen LogP contribution in [0.25, 0.3) is 0 Å². The SMILES string of the molecule is CCn1c(CN(c2ccc(F)cc2)S(C)(=O)=O)nnc1SCC(=O)N1C[C@@H](C)C[C@H](C)C1. The minimum absolute atomic E-state index is 0.0407. The van der Waals surface area contributed by atoms with Gasteiger partial charge in [0.25, 0.3) is 0 Å². The number of thioether (sulfide) groups is 1. The van der Waals surface area contributed by atoms with Crippen LogP contribution in [0.15, 0.2) is 29.4 Å². The Morgan fingerprint density at radius 1 is 1.19 bits per heavy atom. The Hall–Kier alpha value is -2.14. The molecule has 0 radical (unpaired) electrons. The molecule has 1 fully saturated rings. The van der Waals surface area contributed by atoms with Gasteiger partial charge in [-0.05, 0) is 49.4 Å². The van der Waals surface area contributed by atoms with E-state index in [0.29, 0.717) is 35.0 Å². The Morgan fingerprint density at radius 2 is 1.81 bits per heavy atom. The molecular formula is C21H30FN5O3S2. The number of aromatic nitrogens is 3. The predicted octanol–water partition coefficient (Wildman–Crippen LogP) is 3.00. The monoisotopic (exact) mass is 483 g/mol. The molecule has 32 heavy (non-hydrogen) atoms. The van der Waals surface area contributed by atoms with Gasteiger partial charge in [0, 0.05) is 19.6 Å². The Labute approximate surface area is 193 Å². The topological polar surface area (TPSA) is 88.4 Å². The van der Waals surface area contributed by atoms with Crippen molar-refractivity contribution in [2.75, 3.05) is 29.4 Å². The highest BCUT2D eigenvalue weighted by atomic mass is 32.2. The van der Waals surface area contributed by atoms with Crippen LogP contribution in [0.1, 0.15) is 33.0 Å². The van der Waals surface area contributed by atoms with Crippen molar-refractivity contribution in [2.24, 2.45) is 11.8 Å². The summed E-state index contributed by atoms with van der Waals surface area (Å²) in [7, 11) is -3.63. The number of benzene rings is 1. The molecule has 0 unspecified atom stereocenters. The third-order valence-electron chi connectivity index (χ3n) is 5.46. The molecule has 0 spiro atoms. The highest BCUT2D eigenvalue weighted by Gasteiger charge is 2.26. The van der Waals surface area contributed by atoms with E-state index in [9.17, 15) is 17.6 Å². The summed E-state index contributed by atoms with van der Waals surface area (Å²) in [5, 5.41) is 8.96. The maximum atomic E-state index is 13.3. The molecule has 1 saturated heterocycles. The molecular weight excluding hydrogens is 453 g/mol. The lowest BCUT2D eigenvalue weighted by atomic mass is 9.92. The summed E-state index contributed by atoms with van der Waals surface area (Å²) in [5.74, 6) is 1.33. The molecule has 0 saturated carbocycles. The first-order valence-electron chi connectivity index (χ1n) is 10.6. The minimum Gasteiger partial charge on any atom is -0.341 e. The number of amides is 1. The lowest BCUT2D eigenvalue weighted by molar-refractivity contribution is -0.130. The van der Waals surface area contributed by atoms with E-state index in [-0.39, 0.29) is 18.2 Å². The lowest BCUT2D eigenvalue weighted by Gasteiger charge is -2.34. The van der Waals surface area contributed by atoms with Gasteiger partial charge in [0.1, 0.15) is 5.82 Å². The van der Waals surface area contributed by atoms with E-state index >= 15 is 0 Å². The van der Waals surface area contributed by atoms with Crippen LogP contribution >= 0.6 is 11.8 Å². The van der Waals surface area contributed by atoms with E-state index in [4.69, 9.17) is 0 Å². The van der Waals surface area contributed by atoms with E-state index < -0.39 is 15.8 Å². The van der Waals surface area contributed by atoms with Gasteiger partial charge in [-0.15, -0.1) is 10.2 Å². The number of carbonyl (C=O) groups is 1. The van der Waals surface area contributed by atoms with Crippen molar-refractivity contribution in [3.05, 3.63) is 35.9 Å². The minimum atomic E-state index is -3.63. The largest absolute Gasteiger partial charge is 0.341 e. The Bertz CT molecular complexity index is 1030. The van der Waals surface area contributed by atoms with Crippen LogP contribution in [0.3, 0.4) is 0 Å². The zero-order chi connectivity index (χ0) is 23.5. The van der Waals surface area contributed by atoms with Gasteiger partial charge in [-0.25, -0.2) is 12.8 Å². The molecule has 1 aromatic heterocycles. The number of piperidine rings is 1. The number of hydrogen-bond donors (Lipinski definition) is 0. The van der Waals surface area contributed by atoms with Gasteiger partial charge >= 0.3 is 0 Å². The Kier molecular flexibility index (Phi) is 7.81. The predicted molar refractivity (Wildman–Crippen MR) is 123 cm³/mol. The molecule has 2 heterocycles. The van der Waals surface area contributed by atoms with Crippen LogP contribution in [-0.2, 0) is 27.9 Å². The van der Waals surface area contributed by atoms with Crippen molar-refractivity contribution >= 4 is 33.4 Å². The molecule has 2 aromatic rings. The van der Waals surface area contributed by atoms with Crippen molar-refractivity contribution in [1.29, 1.82) is 0 Å². The van der Waals surface area contributed by atoms with Gasteiger partial charge in [0.2, 0.25) is 15.9 Å². The van der Waals surface area contributed by atoms with Gasteiger partial charge in [0.15, 0.2) is 11.0 Å². The van der Waals surface area contributed by atoms with Crippen LogP contribution < -0.4 is 4.31 Å². The molecule has 1 aliphatic heterocycles. The van der Waals surface area contributed by atoms with Crippen LogP contribution in [0.2, 0.25) is 0 Å². The summed E-state index contributed by atoms with van der Waals surface area (Å²) in [6, 6.07) is 5.26. The number of rotatable bonds is 8. The number of sulfonamides is 1. The summed E-state index contributed by atoms with van der Waals surface area (Å²) >= 11 is 1.31. The normalized spacial score (nSPS) is 19.2. The number of anilines is 1. The van der Waals surface area contributed by atoms with E-state index in [1.54, 1.807) is 4.57 Å². The average molecular weight is 484 g/mol. The van der Waals surface area contributed by atoms with Crippen molar-refractivity contribution in [3.8, 4) is 0 Å². The first-order valence-corrected chi connectivity index (χ1v) is 13.5. The fourth-order valence-electron chi connectivity index (χ4n) is 4.08. The van der Waals surface area contributed by atoms with Crippen molar-refractivity contribution in [1.82, 2.24) is 19.7 Å². The molecule has 0 bridgehead atoms. The number of halogens is 1. The second-order valence-corrected chi connectivity index (χ2v) is 11.3. The second-order valence-electron chi connectivity index (χ2n) is 8.42. The molecule has 0 aliphatic carbocycles. The molecule has 11 heteroatoms. The third-order valence-corrected chi connectivity index (χ3v) is 7.55. The molecule has 1 aromatic carbocycles. The number of hydrogen-bond acceptors (Lipinski definition) is 6. The lowest BCUT2D eigenvalue weighted by Crippen LogP contribution is -2.43. The third kappa shape index (κ3) is 6.00. The summed E-state index contributed by atoms with van der Waals surface area (Å²) in [4.78, 5) is 14.6. The second kappa shape index (κ2) is 10.2. The molecule has 1 aliphatic rings. The molecule has 0 N–H and O–H groups in total. The highest BCUT2D eigenvalue weighted by Crippen LogP contribution is 2.25. The molecule has 8 nitrogen and oxygen atoms in total. The number of likely N-dealkylation sites (tertiary alicyclic amines) is 1.